The van der Waals surface area contributed by atoms with E-state index in [0.29, 0.717) is 63.0 Å². The van der Waals surface area contributed by atoms with Gasteiger partial charge in [-0.3, -0.25) is 28.1 Å². The second-order valence-electron chi connectivity index (χ2n) is 20.0. The zero-order chi connectivity index (χ0) is 52.5. The number of nitrogens with one attached hydrogen (secondary N) is 3. The number of benzene rings is 3. The van der Waals surface area contributed by atoms with E-state index in [1.807, 2.05) is 98.1 Å². The first kappa shape index (κ1) is 49.9. The van der Waals surface area contributed by atoms with Gasteiger partial charge in [0.1, 0.15) is 0 Å². The second-order valence-corrected chi connectivity index (χ2v) is 20.0. The summed E-state index contributed by atoms with van der Waals surface area (Å²) in [5.74, 6) is 1.41. The molecule has 0 amide bonds. The zero-order valence-electron chi connectivity index (χ0n) is 43.0. The minimum absolute atomic E-state index is 0.0450. The predicted octanol–water partition coefficient (Wildman–Crippen LogP) is 10.5. The monoisotopic (exact) mass is 1010 g/mol. The van der Waals surface area contributed by atoms with Gasteiger partial charge in [-0.05, 0) is 121 Å². The summed E-state index contributed by atoms with van der Waals surface area (Å²) in [6.45, 7) is 9.65. The van der Waals surface area contributed by atoms with Crippen LogP contribution in [0.25, 0.3) is 33.1 Å². The maximum atomic E-state index is 12.8. The molecule has 12 rings (SSSR count). The van der Waals surface area contributed by atoms with E-state index < -0.39 is 0 Å². The Kier molecular flexibility index (Phi) is 14.0. The number of aryl methyl sites for hydroxylation is 3. The van der Waals surface area contributed by atoms with Crippen LogP contribution in [-0.4, -0.2) is 43.6 Å². The van der Waals surface area contributed by atoms with E-state index in [2.05, 4.69) is 45.9 Å². The summed E-state index contributed by atoms with van der Waals surface area (Å²) in [4.78, 5) is 65.2. The molecule has 6 heterocycles. The first-order valence-electron chi connectivity index (χ1n) is 25.8. The van der Waals surface area contributed by atoms with Gasteiger partial charge in [0.25, 0.3) is 16.7 Å². The third kappa shape index (κ3) is 9.94. The quantitative estimate of drug-likeness (QED) is 0.0786. The summed E-state index contributed by atoms with van der Waals surface area (Å²) >= 11 is 0. The Bertz CT molecular complexity index is 3780. The molecule has 3 aromatic carbocycles. The number of nitrogens with zero attached hydrogens (tertiary/aromatic N) is 9. The molecule has 18 nitrogen and oxygen atoms in total. The molecule has 0 unspecified atom stereocenters. The highest BCUT2D eigenvalue weighted by molar-refractivity contribution is 5.91. The fourth-order valence-electron chi connectivity index (χ4n) is 10.1. The smallest absolute Gasteiger partial charge is 0.257 e. The molecular weight excluding hydrogens is 943 g/mol. The summed E-state index contributed by atoms with van der Waals surface area (Å²) in [7, 11) is 0. The van der Waals surface area contributed by atoms with Gasteiger partial charge in [0.15, 0.2) is 16.9 Å². The number of nitrogens with two attached hydrogens (primary N) is 3. The van der Waals surface area contributed by atoms with Gasteiger partial charge in [-0.2, -0.15) is 15.0 Å². The van der Waals surface area contributed by atoms with Crippen LogP contribution in [0.2, 0.25) is 0 Å². The Hall–Kier alpha value is -8.67. The number of rotatable bonds is 9. The molecule has 0 aliphatic heterocycles. The standard InChI is InChI=1S/C20H23N5O.C19H21N5O.C18H19N5O/c1-11-6-4-7-12(2)17(11)23-20-22-10-15-16(21)13(3)19(26)25(18(15)24-20)14-8-5-9-14;1-11-6-3-4-9-15(11)22-19-21-10-14-16(20)12(2)18(25)24(17(14)23-19)13-7-5-8-13;19-15-10-16(24)23(13-8-4-5-9-13)17-14(15)11-20-18(22-17)21-12-6-2-1-3-7-12/h4,6-7,10,14H,5,8-9,21H2,1-3H3,(H,22,23,24);3-4,6,9-10,13H,5,7-8,20H2,1-2H3,(H,21,22,23);1-3,6-7,10-11,13H,4-5,8-9,19H2,(H,20,21,22). The molecule has 3 aliphatic rings. The van der Waals surface area contributed by atoms with Crippen LogP contribution < -0.4 is 49.8 Å². The van der Waals surface area contributed by atoms with E-state index in [4.69, 9.17) is 17.2 Å². The van der Waals surface area contributed by atoms with Crippen molar-refractivity contribution in [3.8, 4) is 0 Å². The van der Waals surface area contributed by atoms with Crippen molar-refractivity contribution >= 4 is 85.1 Å². The molecular formula is C57H63N15O3. The van der Waals surface area contributed by atoms with Crippen molar-refractivity contribution in [2.24, 2.45) is 0 Å². The number of para-hydroxylation sites is 3. The molecule has 0 bridgehead atoms. The molecule has 75 heavy (non-hydrogen) atoms. The lowest BCUT2D eigenvalue weighted by Gasteiger charge is -2.29. The van der Waals surface area contributed by atoms with Crippen LogP contribution in [0.4, 0.5) is 52.0 Å². The largest absolute Gasteiger partial charge is 0.398 e. The van der Waals surface area contributed by atoms with Gasteiger partial charge in [-0.15, -0.1) is 0 Å². The minimum atomic E-state index is -0.0868. The molecule has 0 spiro atoms. The van der Waals surface area contributed by atoms with Crippen molar-refractivity contribution < 1.29 is 0 Å². The topological polar surface area (TPSA) is 257 Å². The average molecular weight is 1010 g/mol. The van der Waals surface area contributed by atoms with Crippen molar-refractivity contribution in [2.45, 2.75) is 117 Å². The summed E-state index contributed by atoms with van der Waals surface area (Å²) in [5.41, 5.74) is 28.7. The van der Waals surface area contributed by atoms with Gasteiger partial charge in [-0.1, -0.05) is 67.4 Å². The molecule has 9 N–H and O–H groups in total. The fraction of sp³-hybridized carbons (Fsp3) is 0.316. The molecule has 0 saturated heterocycles. The molecule has 3 saturated carbocycles. The summed E-state index contributed by atoms with van der Waals surface area (Å²) in [6, 6.07) is 25.8. The Morgan fingerprint density at radius 1 is 0.480 bits per heavy atom. The van der Waals surface area contributed by atoms with E-state index >= 15 is 0 Å². The third-order valence-corrected chi connectivity index (χ3v) is 15.0. The number of hydrogen-bond acceptors (Lipinski definition) is 15. The lowest BCUT2D eigenvalue weighted by atomic mass is 9.92. The average Bonchev–Trinajstić information content (AvgIpc) is 3.91. The lowest BCUT2D eigenvalue weighted by Crippen LogP contribution is -2.32. The van der Waals surface area contributed by atoms with E-state index in [-0.39, 0.29) is 34.8 Å². The van der Waals surface area contributed by atoms with Gasteiger partial charge >= 0.3 is 0 Å². The SMILES string of the molecule is Cc1cccc(C)c1Nc1ncc2c(N)c(C)c(=O)n(C3CCC3)c2n1.Cc1ccccc1Nc1ncc2c(N)c(C)c(=O)n(C3CCC3)c2n1.Nc1cc(=O)n(C2CCCC2)c2nc(Nc3ccccc3)ncc12. The molecule has 9 aromatic rings. The number of aromatic nitrogens is 9. The van der Waals surface area contributed by atoms with Crippen LogP contribution in [-0.2, 0) is 0 Å². The Morgan fingerprint density at radius 3 is 1.44 bits per heavy atom. The number of pyridine rings is 3. The Labute approximate surface area is 433 Å². The molecule has 0 atom stereocenters. The van der Waals surface area contributed by atoms with Crippen LogP contribution in [0.3, 0.4) is 0 Å². The summed E-state index contributed by atoms with van der Waals surface area (Å²) < 4.78 is 5.40. The number of anilines is 9. The molecule has 3 fully saturated rings. The van der Waals surface area contributed by atoms with E-state index in [0.717, 1.165) is 114 Å². The van der Waals surface area contributed by atoms with Crippen molar-refractivity contribution in [1.82, 2.24) is 43.6 Å². The van der Waals surface area contributed by atoms with Crippen molar-refractivity contribution in [3.05, 3.63) is 156 Å². The lowest BCUT2D eigenvalue weighted by molar-refractivity contribution is 0.313. The molecule has 3 aliphatic carbocycles. The van der Waals surface area contributed by atoms with Gasteiger partial charge in [0.2, 0.25) is 17.8 Å². The first-order chi connectivity index (χ1) is 36.2. The zero-order valence-corrected chi connectivity index (χ0v) is 43.0. The van der Waals surface area contributed by atoms with Gasteiger partial charge in [-0.25, -0.2) is 15.0 Å². The first-order valence-corrected chi connectivity index (χ1v) is 25.8. The van der Waals surface area contributed by atoms with Gasteiger partial charge in [0, 0.05) is 76.7 Å². The highest BCUT2D eigenvalue weighted by Gasteiger charge is 2.27. The highest BCUT2D eigenvalue weighted by atomic mass is 16.1. The van der Waals surface area contributed by atoms with E-state index in [9.17, 15) is 14.4 Å². The third-order valence-electron chi connectivity index (χ3n) is 15.0. The van der Waals surface area contributed by atoms with E-state index in [1.54, 1.807) is 41.6 Å². The van der Waals surface area contributed by atoms with Gasteiger partial charge in [0.05, 0.1) is 27.5 Å². The molecule has 18 heteroatoms. The highest BCUT2D eigenvalue weighted by Crippen LogP contribution is 2.37. The maximum absolute atomic E-state index is 12.8. The van der Waals surface area contributed by atoms with Crippen LogP contribution in [0, 0.1) is 34.6 Å². The molecule has 0 radical (unpaired) electrons. The fourth-order valence-corrected chi connectivity index (χ4v) is 10.1. The van der Waals surface area contributed by atoms with E-state index in [1.165, 1.54) is 6.07 Å². The van der Waals surface area contributed by atoms with Crippen LogP contribution in [0.15, 0.2) is 112 Å². The number of nitrogen functional groups attached to an aromatic ring is 3. The van der Waals surface area contributed by atoms with Crippen molar-refractivity contribution in [3.63, 3.8) is 0 Å². The normalized spacial score (nSPS) is 14.6. The Balaban J connectivity index is 0.000000128. The number of fused-ring (bicyclic) bond motifs is 3. The maximum Gasteiger partial charge on any atom is 0.257 e. The Morgan fingerprint density at radius 2 is 0.920 bits per heavy atom. The second kappa shape index (κ2) is 21.0. The summed E-state index contributed by atoms with van der Waals surface area (Å²) in [5, 5.41) is 11.9. The summed E-state index contributed by atoms with van der Waals surface area (Å²) in [6.07, 6.45) is 15.7. The van der Waals surface area contributed by atoms with Crippen LogP contribution in [0.5, 0.6) is 0 Å². The number of hydrogen-bond donors (Lipinski definition) is 6. The van der Waals surface area contributed by atoms with Gasteiger partial charge < -0.3 is 33.2 Å². The van der Waals surface area contributed by atoms with Crippen molar-refractivity contribution in [1.29, 1.82) is 0 Å². The molecule has 384 valence electrons. The predicted molar refractivity (Wildman–Crippen MR) is 301 cm³/mol. The minimum Gasteiger partial charge on any atom is -0.398 e. The molecule has 6 aromatic heterocycles. The van der Waals surface area contributed by atoms with Crippen molar-refractivity contribution in [2.75, 3.05) is 33.2 Å². The van der Waals surface area contributed by atoms with Crippen LogP contribution >= 0.6 is 0 Å². The van der Waals surface area contributed by atoms with Crippen LogP contribution in [0.1, 0.15) is 110 Å².